The van der Waals surface area contributed by atoms with Crippen molar-refractivity contribution in [3.05, 3.63) is 47.6 Å². The zero-order valence-corrected chi connectivity index (χ0v) is 14.6. The van der Waals surface area contributed by atoms with Crippen molar-refractivity contribution in [1.82, 2.24) is 24.7 Å². The predicted octanol–water partition coefficient (Wildman–Crippen LogP) is 3.25. The van der Waals surface area contributed by atoms with Crippen molar-refractivity contribution in [3.63, 3.8) is 0 Å². The van der Waals surface area contributed by atoms with Crippen molar-refractivity contribution in [2.75, 3.05) is 12.4 Å². The highest BCUT2D eigenvalue weighted by Gasteiger charge is 2.24. The lowest BCUT2D eigenvalue weighted by Gasteiger charge is -2.09. The summed E-state index contributed by atoms with van der Waals surface area (Å²) in [6.45, 7) is 0. The van der Waals surface area contributed by atoms with Crippen LogP contribution in [0.4, 0.5) is 11.6 Å². The molecule has 0 radical (unpaired) electrons. The SMILES string of the molecule is COC(=O)c1ncccc1-c1nc(Nc2cnn(C3CC3)c2)ncc1Cl. The number of anilines is 2. The third kappa shape index (κ3) is 3.23. The van der Waals surface area contributed by atoms with Crippen LogP contribution in [0.3, 0.4) is 0 Å². The number of carbonyl (C=O) groups is 1. The van der Waals surface area contributed by atoms with Crippen LogP contribution in [0.5, 0.6) is 0 Å². The first kappa shape index (κ1) is 16.5. The summed E-state index contributed by atoms with van der Waals surface area (Å²) in [5.41, 5.74) is 1.79. The number of hydrogen-bond acceptors (Lipinski definition) is 7. The standard InChI is InChI=1S/C17H15ClN6O2/c1-26-16(25)15-12(3-2-6-19-15)14-13(18)8-20-17(23-14)22-10-7-21-24(9-10)11-4-5-11/h2-3,6-9,11H,4-5H2,1H3,(H,20,22,23). The second-order valence-electron chi connectivity index (χ2n) is 5.85. The average Bonchev–Trinajstić information content (AvgIpc) is 3.42. The van der Waals surface area contributed by atoms with Crippen LogP contribution < -0.4 is 5.32 Å². The maximum absolute atomic E-state index is 12.0. The van der Waals surface area contributed by atoms with E-state index in [0.29, 0.717) is 28.3 Å². The van der Waals surface area contributed by atoms with E-state index in [1.165, 1.54) is 19.5 Å². The highest BCUT2D eigenvalue weighted by Crippen LogP contribution is 2.35. The Labute approximate surface area is 154 Å². The van der Waals surface area contributed by atoms with Gasteiger partial charge in [0, 0.05) is 18.0 Å². The van der Waals surface area contributed by atoms with Gasteiger partial charge in [-0.3, -0.25) is 4.68 Å². The first-order valence-electron chi connectivity index (χ1n) is 8.03. The fourth-order valence-electron chi connectivity index (χ4n) is 2.54. The summed E-state index contributed by atoms with van der Waals surface area (Å²) in [5.74, 6) is -0.213. The van der Waals surface area contributed by atoms with Crippen LogP contribution >= 0.6 is 11.6 Å². The van der Waals surface area contributed by atoms with E-state index in [-0.39, 0.29) is 5.69 Å². The molecule has 3 aromatic rings. The van der Waals surface area contributed by atoms with E-state index in [1.807, 2.05) is 10.9 Å². The molecule has 0 aliphatic heterocycles. The molecule has 0 spiro atoms. The highest BCUT2D eigenvalue weighted by molar-refractivity contribution is 6.33. The van der Waals surface area contributed by atoms with Gasteiger partial charge in [-0.1, -0.05) is 11.6 Å². The number of halogens is 1. The molecule has 3 heterocycles. The van der Waals surface area contributed by atoms with Gasteiger partial charge >= 0.3 is 5.97 Å². The summed E-state index contributed by atoms with van der Waals surface area (Å²) in [4.78, 5) is 24.7. The fraction of sp³-hybridized carbons (Fsp3) is 0.235. The third-order valence-corrected chi connectivity index (χ3v) is 4.24. The molecule has 8 nitrogen and oxygen atoms in total. The van der Waals surface area contributed by atoms with Gasteiger partial charge < -0.3 is 10.1 Å². The molecule has 1 aliphatic rings. The Hall–Kier alpha value is -3.00. The highest BCUT2D eigenvalue weighted by atomic mass is 35.5. The minimum absolute atomic E-state index is 0.142. The molecule has 0 aromatic carbocycles. The van der Waals surface area contributed by atoms with Crippen LogP contribution in [-0.4, -0.2) is 37.8 Å². The Morgan fingerprint density at radius 3 is 2.96 bits per heavy atom. The molecule has 0 amide bonds. The Kier molecular flexibility index (Phi) is 4.26. The molecule has 4 rings (SSSR count). The first-order chi connectivity index (χ1) is 12.7. The van der Waals surface area contributed by atoms with Gasteiger partial charge in [0.2, 0.25) is 5.95 Å². The van der Waals surface area contributed by atoms with E-state index >= 15 is 0 Å². The predicted molar refractivity (Wildman–Crippen MR) is 95.4 cm³/mol. The Morgan fingerprint density at radius 2 is 2.19 bits per heavy atom. The quantitative estimate of drug-likeness (QED) is 0.688. The molecule has 1 saturated carbocycles. The summed E-state index contributed by atoms with van der Waals surface area (Å²) in [5, 5.41) is 7.74. The topological polar surface area (TPSA) is 94.8 Å². The van der Waals surface area contributed by atoms with Gasteiger partial charge in [-0.05, 0) is 25.0 Å². The molecule has 0 unspecified atom stereocenters. The van der Waals surface area contributed by atoms with Gasteiger partial charge in [0.05, 0.1) is 41.9 Å². The lowest BCUT2D eigenvalue weighted by molar-refractivity contribution is 0.0595. The molecule has 1 fully saturated rings. The normalized spacial score (nSPS) is 13.5. The first-order valence-corrected chi connectivity index (χ1v) is 8.41. The van der Waals surface area contributed by atoms with Crippen molar-refractivity contribution in [1.29, 1.82) is 0 Å². The van der Waals surface area contributed by atoms with Gasteiger partial charge in [-0.2, -0.15) is 5.10 Å². The number of nitrogens with zero attached hydrogens (tertiary/aromatic N) is 5. The maximum Gasteiger partial charge on any atom is 0.357 e. The Balaban J connectivity index is 1.67. The van der Waals surface area contributed by atoms with Gasteiger partial charge in [0.1, 0.15) is 0 Å². The molecule has 0 bridgehead atoms. The molecule has 0 atom stereocenters. The lowest BCUT2D eigenvalue weighted by Crippen LogP contribution is -2.07. The molecule has 3 aromatic heterocycles. The van der Waals surface area contributed by atoms with Crippen LogP contribution in [0.1, 0.15) is 29.4 Å². The number of esters is 1. The molecule has 1 aliphatic carbocycles. The zero-order chi connectivity index (χ0) is 18.1. The van der Waals surface area contributed by atoms with Crippen molar-refractivity contribution >= 4 is 29.2 Å². The number of pyridine rings is 1. The van der Waals surface area contributed by atoms with E-state index in [1.54, 1.807) is 18.3 Å². The minimum Gasteiger partial charge on any atom is -0.464 e. The number of aromatic nitrogens is 5. The summed E-state index contributed by atoms with van der Waals surface area (Å²) >= 11 is 6.26. The van der Waals surface area contributed by atoms with E-state index in [2.05, 4.69) is 25.4 Å². The summed E-state index contributed by atoms with van der Waals surface area (Å²) in [6.07, 6.45) is 8.93. The Bertz CT molecular complexity index is 969. The summed E-state index contributed by atoms with van der Waals surface area (Å²) in [6, 6.07) is 3.90. The van der Waals surface area contributed by atoms with E-state index < -0.39 is 5.97 Å². The summed E-state index contributed by atoms with van der Waals surface area (Å²) < 4.78 is 6.71. The van der Waals surface area contributed by atoms with Crippen LogP contribution in [0, 0.1) is 0 Å². The number of rotatable bonds is 5. The molecule has 26 heavy (non-hydrogen) atoms. The van der Waals surface area contributed by atoms with Crippen molar-refractivity contribution < 1.29 is 9.53 Å². The molecule has 9 heteroatoms. The number of methoxy groups -OCH3 is 1. The number of nitrogens with one attached hydrogen (secondary N) is 1. The van der Waals surface area contributed by atoms with Gasteiger partial charge in [0.25, 0.3) is 0 Å². The number of ether oxygens (including phenoxy) is 1. The zero-order valence-electron chi connectivity index (χ0n) is 13.9. The second kappa shape index (κ2) is 6.72. The second-order valence-corrected chi connectivity index (χ2v) is 6.25. The van der Waals surface area contributed by atoms with Gasteiger partial charge in [-0.15, -0.1) is 0 Å². The smallest absolute Gasteiger partial charge is 0.357 e. The maximum atomic E-state index is 12.0. The van der Waals surface area contributed by atoms with Gasteiger partial charge in [-0.25, -0.2) is 19.7 Å². The molecule has 1 N–H and O–H groups in total. The summed E-state index contributed by atoms with van der Waals surface area (Å²) in [7, 11) is 1.30. The monoisotopic (exact) mass is 370 g/mol. The van der Waals surface area contributed by atoms with Crippen LogP contribution in [0.2, 0.25) is 5.02 Å². The molecule has 132 valence electrons. The Morgan fingerprint density at radius 1 is 1.35 bits per heavy atom. The van der Waals surface area contributed by atoms with Gasteiger partial charge in [0.15, 0.2) is 5.69 Å². The van der Waals surface area contributed by atoms with E-state index in [4.69, 9.17) is 16.3 Å². The van der Waals surface area contributed by atoms with Crippen LogP contribution in [0.15, 0.2) is 36.9 Å². The number of hydrogen-bond donors (Lipinski definition) is 1. The average molecular weight is 371 g/mol. The fourth-order valence-corrected chi connectivity index (χ4v) is 2.74. The van der Waals surface area contributed by atoms with Crippen LogP contribution in [-0.2, 0) is 4.74 Å². The number of carbonyl (C=O) groups excluding carboxylic acids is 1. The van der Waals surface area contributed by atoms with E-state index in [9.17, 15) is 4.79 Å². The third-order valence-electron chi connectivity index (χ3n) is 3.96. The molecular weight excluding hydrogens is 356 g/mol. The van der Waals surface area contributed by atoms with Crippen molar-refractivity contribution in [3.8, 4) is 11.3 Å². The largest absolute Gasteiger partial charge is 0.464 e. The van der Waals surface area contributed by atoms with Crippen molar-refractivity contribution in [2.24, 2.45) is 0 Å². The van der Waals surface area contributed by atoms with Crippen LogP contribution in [0.25, 0.3) is 11.3 Å². The minimum atomic E-state index is -0.560. The molecule has 0 saturated heterocycles. The van der Waals surface area contributed by atoms with E-state index in [0.717, 1.165) is 18.5 Å². The molecular formula is C17H15ClN6O2. The lowest BCUT2D eigenvalue weighted by atomic mass is 10.1. The van der Waals surface area contributed by atoms with Crippen molar-refractivity contribution in [2.45, 2.75) is 18.9 Å².